The number of pyridine rings is 1. The second-order valence-electron chi connectivity index (χ2n) is 4.45. The highest BCUT2D eigenvalue weighted by atomic mass is 16.6. The van der Waals surface area contributed by atoms with E-state index in [1.807, 2.05) is 0 Å². The highest BCUT2D eigenvalue weighted by Gasteiger charge is 2.16. The van der Waals surface area contributed by atoms with Crippen molar-refractivity contribution in [2.24, 2.45) is 5.92 Å². The molecule has 1 unspecified atom stereocenters. The Morgan fingerprint density at radius 3 is 3.22 bits per heavy atom. The lowest BCUT2D eigenvalue weighted by Gasteiger charge is -2.22. The maximum atomic E-state index is 10.8. The van der Waals surface area contributed by atoms with Gasteiger partial charge in [0.05, 0.1) is 11.5 Å². The summed E-state index contributed by atoms with van der Waals surface area (Å²) in [5.74, 6) is 0.915. The molecule has 0 aliphatic carbocycles. The third-order valence-corrected chi connectivity index (χ3v) is 3.14. The SMILES string of the molecule is O=[N+]([O-])c1cnccc1OCCC1CCCNC1. The summed E-state index contributed by atoms with van der Waals surface area (Å²) in [6.45, 7) is 2.62. The average molecular weight is 251 g/mol. The molecule has 1 N–H and O–H groups in total. The van der Waals surface area contributed by atoms with Crippen molar-refractivity contribution in [3.05, 3.63) is 28.6 Å². The van der Waals surface area contributed by atoms with Gasteiger partial charge in [-0.05, 0) is 38.3 Å². The van der Waals surface area contributed by atoms with E-state index in [0.29, 0.717) is 18.3 Å². The Bertz CT molecular complexity index is 405. The maximum absolute atomic E-state index is 10.8. The fraction of sp³-hybridized carbons (Fsp3) is 0.583. The Morgan fingerprint density at radius 1 is 1.61 bits per heavy atom. The van der Waals surface area contributed by atoms with E-state index in [-0.39, 0.29) is 5.69 Å². The van der Waals surface area contributed by atoms with Gasteiger partial charge in [-0.25, -0.2) is 0 Å². The zero-order valence-electron chi connectivity index (χ0n) is 10.2. The molecule has 98 valence electrons. The molecule has 1 atom stereocenters. The summed E-state index contributed by atoms with van der Waals surface area (Å²) in [4.78, 5) is 14.0. The minimum Gasteiger partial charge on any atom is -0.487 e. The zero-order chi connectivity index (χ0) is 12.8. The van der Waals surface area contributed by atoms with E-state index in [2.05, 4.69) is 10.3 Å². The first-order chi connectivity index (χ1) is 8.77. The van der Waals surface area contributed by atoms with E-state index >= 15 is 0 Å². The van der Waals surface area contributed by atoms with Crippen LogP contribution in [0.2, 0.25) is 0 Å². The first kappa shape index (κ1) is 12.8. The second kappa shape index (κ2) is 6.30. The summed E-state index contributed by atoms with van der Waals surface area (Å²) in [5.41, 5.74) is -0.0701. The number of nitro groups is 1. The van der Waals surface area contributed by atoms with Gasteiger partial charge in [0.1, 0.15) is 6.20 Å². The number of nitrogens with zero attached hydrogens (tertiary/aromatic N) is 2. The summed E-state index contributed by atoms with van der Waals surface area (Å²) in [6.07, 6.45) is 6.04. The summed E-state index contributed by atoms with van der Waals surface area (Å²) in [7, 11) is 0. The number of aromatic nitrogens is 1. The van der Waals surface area contributed by atoms with Crippen molar-refractivity contribution in [1.29, 1.82) is 0 Å². The highest BCUT2D eigenvalue weighted by Crippen LogP contribution is 2.25. The van der Waals surface area contributed by atoms with E-state index in [4.69, 9.17) is 4.74 Å². The quantitative estimate of drug-likeness (QED) is 0.637. The van der Waals surface area contributed by atoms with Crippen LogP contribution < -0.4 is 10.1 Å². The van der Waals surface area contributed by atoms with Crippen molar-refractivity contribution in [2.75, 3.05) is 19.7 Å². The van der Waals surface area contributed by atoms with Crippen LogP contribution in [0, 0.1) is 16.0 Å². The predicted molar refractivity (Wildman–Crippen MR) is 66.6 cm³/mol. The molecule has 0 spiro atoms. The van der Waals surface area contributed by atoms with Gasteiger partial charge in [-0.1, -0.05) is 0 Å². The Morgan fingerprint density at radius 2 is 2.50 bits per heavy atom. The highest BCUT2D eigenvalue weighted by molar-refractivity contribution is 5.42. The third kappa shape index (κ3) is 3.40. The van der Waals surface area contributed by atoms with Gasteiger partial charge in [0.15, 0.2) is 5.75 Å². The average Bonchev–Trinajstić information content (AvgIpc) is 2.40. The molecule has 1 saturated heterocycles. The Kier molecular flexibility index (Phi) is 4.46. The fourth-order valence-electron chi connectivity index (χ4n) is 2.14. The predicted octanol–water partition coefficient (Wildman–Crippen LogP) is 1.76. The molecule has 0 aromatic carbocycles. The van der Waals surface area contributed by atoms with Crippen molar-refractivity contribution >= 4 is 5.69 Å². The number of rotatable bonds is 5. The number of hydrogen-bond donors (Lipinski definition) is 1. The van der Waals surface area contributed by atoms with Crippen LogP contribution in [0.4, 0.5) is 5.69 Å². The van der Waals surface area contributed by atoms with Crippen LogP contribution in [-0.4, -0.2) is 29.6 Å². The minimum atomic E-state index is -0.468. The molecule has 0 radical (unpaired) electrons. The molecular formula is C12H17N3O3. The van der Waals surface area contributed by atoms with E-state index in [1.54, 1.807) is 0 Å². The molecule has 18 heavy (non-hydrogen) atoms. The van der Waals surface area contributed by atoms with Crippen LogP contribution in [0.5, 0.6) is 5.75 Å². The van der Waals surface area contributed by atoms with Gasteiger partial charge < -0.3 is 10.1 Å². The molecule has 1 aromatic heterocycles. The van der Waals surface area contributed by atoms with E-state index < -0.39 is 4.92 Å². The molecule has 0 saturated carbocycles. The van der Waals surface area contributed by atoms with Crippen molar-refractivity contribution in [2.45, 2.75) is 19.3 Å². The van der Waals surface area contributed by atoms with Gasteiger partial charge >= 0.3 is 5.69 Å². The van der Waals surface area contributed by atoms with Gasteiger partial charge in [0.25, 0.3) is 0 Å². The molecule has 1 aromatic rings. The zero-order valence-corrected chi connectivity index (χ0v) is 10.2. The molecule has 1 fully saturated rings. The molecule has 0 amide bonds. The monoisotopic (exact) mass is 251 g/mol. The van der Waals surface area contributed by atoms with Crippen molar-refractivity contribution in [3.8, 4) is 5.75 Å². The molecular weight excluding hydrogens is 234 g/mol. The van der Waals surface area contributed by atoms with Crippen molar-refractivity contribution in [1.82, 2.24) is 10.3 Å². The van der Waals surface area contributed by atoms with E-state index in [9.17, 15) is 10.1 Å². The van der Waals surface area contributed by atoms with Gasteiger partial charge in [-0.15, -0.1) is 0 Å². The largest absolute Gasteiger partial charge is 0.487 e. The number of ether oxygens (including phenoxy) is 1. The smallest absolute Gasteiger partial charge is 0.329 e. The molecule has 2 heterocycles. The second-order valence-corrected chi connectivity index (χ2v) is 4.45. The Hall–Kier alpha value is -1.69. The standard InChI is InChI=1S/C12H17N3O3/c16-15(17)11-9-14-6-3-12(11)18-7-4-10-2-1-5-13-8-10/h3,6,9-10,13H,1-2,4-5,7-8H2. The van der Waals surface area contributed by atoms with Crippen LogP contribution >= 0.6 is 0 Å². The van der Waals surface area contributed by atoms with Crippen LogP contribution in [0.25, 0.3) is 0 Å². The first-order valence-electron chi connectivity index (χ1n) is 6.19. The molecule has 0 bridgehead atoms. The maximum Gasteiger partial charge on any atom is 0.329 e. The van der Waals surface area contributed by atoms with Gasteiger partial charge in [0.2, 0.25) is 0 Å². The minimum absolute atomic E-state index is 0.0701. The van der Waals surface area contributed by atoms with Gasteiger partial charge in [-0.2, -0.15) is 0 Å². The number of nitrogens with one attached hydrogen (secondary N) is 1. The lowest BCUT2D eigenvalue weighted by molar-refractivity contribution is -0.386. The molecule has 1 aliphatic heterocycles. The lowest BCUT2D eigenvalue weighted by Crippen LogP contribution is -2.30. The van der Waals surface area contributed by atoms with Crippen molar-refractivity contribution < 1.29 is 9.66 Å². The van der Waals surface area contributed by atoms with Crippen LogP contribution in [0.15, 0.2) is 18.5 Å². The number of piperidine rings is 1. The first-order valence-corrected chi connectivity index (χ1v) is 6.19. The van der Waals surface area contributed by atoms with E-state index in [1.165, 1.54) is 31.3 Å². The van der Waals surface area contributed by atoms with Crippen LogP contribution in [-0.2, 0) is 0 Å². The fourth-order valence-corrected chi connectivity index (χ4v) is 2.14. The lowest BCUT2D eigenvalue weighted by atomic mass is 9.97. The molecule has 6 nitrogen and oxygen atoms in total. The third-order valence-electron chi connectivity index (χ3n) is 3.14. The molecule has 6 heteroatoms. The molecule has 2 rings (SSSR count). The van der Waals surface area contributed by atoms with Gasteiger partial charge in [0, 0.05) is 12.3 Å². The summed E-state index contributed by atoms with van der Waals surface area (Å²) < 4.78 is 5.49. The van der Waals surface area contributed by atoms with Crippen molar-refractivity contribution in [3.63, 3.8) is 0 Å². The summed E-state index contributed by atoms with van der Waals surface area (Å²) in [6, 6.07) is 1.54. The van der Waals surface area contributed by atoms with E-state index in [0.717, 1.165) is 19.5 Å². The topological polar surface area (TPSA) is 77.3 Å². The van der Waals surface area contributed by atoms with Gasteiger partial charge in [-0.3, -0.25) is 15.1 Å². The van der Waals surface area contributed by atoms with Crippen LogP contribution in [0.1, 0.15) is 19.3 Å². The summed E-state index contributed by atoms with van der Waals surface area (Å²) >= 11 is 0. The Labute approximate surface area is 106 Å². The number of hydrogen-bond acceptors (Lipinski definition) is 5. The van der Waals surface area contributed by atoms with Crippen LogP contribution in [0.3, 0.4) is 0 Å². The normalized spacial score (nSPS) is 19.4. The summed E-state index contributed by atoms with van der Waals surface area (Å²) in [5, 5.41) is 14.1. The Balaban J connectivity index is 1.84. The molecule has 1 aliphatic rings.